The van der Waals surface area contributed by atoms with E-state index >= 15 is 0 Å². The van der Waals surface area contributed by atoms with E-state index in [1.165, 1.54) is 31.1 Å². The third-order valence-corrected chi connectivity index (χ3v) is 8.05. The lowest BCUT2D eigenvalue weighted by molar-refractivity contribution is -0.225. The van der Waals surface area contributed by atoms with E-state index in [1.807, 2.05) is 12.1 Å². The number of benzene rings is 2. The molecule has 0 bridgehead atoms. The molecule has 4 aromatic rings. The maximum Gasteiger partial charge on any atom is 0.252 e. The number of rotatable bonds is 12. The molecule has 226 valence electrons. The summed E-state index contributed by atoms with van der Waals surface area (Å²) in [6.45, 7) is 1.83. The van der Waals surface area contributed by atoms with Crippen LogP contribution in [0.5, 0.6) is 17.2 Å². The van der Waals surface area contributed by atoms with Crippen molar-refractivity contribution in [3.8, 4) is 28.5 Å². The van der Waals surface area contributed by atoms with Crippen molar-refractivity contribution in [2.75, 3.05) is 47.5 Å². The molecule has 1 aliphatic rings. The molecule has 1 unspecified atom stereocenters. The lowest BCUT2D eigenvalue weighted by atomic mass is 9.96. The van der Waals surface area contributed by atoms with Crippen LogP contribution < -0.4 is 19.5 Å². The van der Waals surface area contributed by atoms with Crippen molar-refractivity contribution in [1.29, 1.82) is 0 Å². The van der Waals surface area contributed by atoms with E-state index < -0.39 is 11.9 Å². The van der Waals surface area contributed by atoms with Crippen LogP contribution in [-0.2, 0) is 25.4 Å². The molecule has 2 heterocycles. The Labute approximate surface area is 253 Å². The number of nitrogens with one attached hydrogen (secondary N) is 1. The van der Waals surface area contributed by atoms with Crippen LogP contribution in [0.4, 0.5) is 5.13 Å². The summed E-state index contributed by atoms with van der Waals surface area (Å²) in [5.41, 5.74) is 3.97. The molecule has 1 N–H and O–H groups in total. The summed E-state index contributed by atoms with van der Waals surface area (Å²) in [5, 5.41) is 7.57. The Morgan fingerprint density at radius 3 is 2.42 bits per heavy atom. The number of nitrogens with zero attached hydrogens (tertiary/aromatic N) is 2. The molecule has 2 aromatic carbocycles. The summed E-state index contributed by atoms with van der Waals surface area (Å²) in [7, 11) is 7.65. The average Bonchev–Trinajstić information content (AvgIpc) is 3.69. The second-order valence-electron chi connectivity index (χ2n) is 9.53. The fourth-order valence-electron chi connectivity index (χ4n) is 4.76. The normalized spacial score (nSPS) is 15.8. The zero-order chi connectivity index (χ0) is 30.6. The van der Waals surface area contributed by atoms with Crippen molar-refractivity contribution >= 4 is 38.2 Å². The first-order valence-corrected chi connectivity index (χ1v) is 14.3. The summed E-state index contributed by atoms with van der Waals surface area (Å²) in [6.07, 6.45) is 5.41. The van der Waals surface area contributed by atoms with E-state index in [2.05, 4.69) is 28.4 Å². The molecule has 0 spiro atoms. The first-order valence-electron chi connectivity index (χ1n) is 13.5. The van der Waals surface area contributed by atoms with E-state index in [0.29, 0.717) is 45.0 Å². The molecule has 0 radical (unpaired) electrons. The lowest BCUT2D eigenvalue weighted by Crippen LogP contribution is -2.47. The van der Waals surface area contributed by atoms with Gasteiger partial charge in [0.15, 0.2) is 22.4 Å². The maximum atomic E-state index is 12.9. The SMILES string of the molecule is CCc1ccc2nc(NC(=O)COC3C=C(c4cc(-c5cc(OC)c(OC)c(OC)c5)no4)C=CC3(OC)OC)sc2c1. The topological polar surface area (TPSA) is 123 Å². The van der Waals surface area contributed by atoms with Gasteiger partial charge in [-0.3, -0.25) is 10.1 Å². The first kappa shape index (κ1) is 30.2. The quantitative estimate of drug-likeness (QED) is 0.206. The van der Waals surface area contributed by atoms with Crippen molar-refractivity contribution in [3.05, 3.63) is 65.9 Å². The molecule has 12 heteroatoms. The number of aromatic nitrogens is 2. The van der Waals surface area contributed by atoms with Crippen LogP contribution in [0.2, 0.25) is 0 Å². The van der Waals surface area contributed by atoms with Crippen LogP contribution in [0.15, 0.2) is 59.1 Å². The molecule has 11 nitrogen and oxygen atoms in total. The number of fused-ring (bicyclic) bond motifs is 1. The molecule has 0 aliphatic heterocycles. The van der Waals surface area contributed by atoms with Crippen LogP contribution in [0.25, 0.3) is 27.0 Å². The van der Waals surface area contributed by atoms with Gasteiger partial charge in [-0.05, 0) is 54.5 Å². The Bertz CT molecular complexity index is 1650. The molecule has 0 saturated heterocycles. The standard InChI is InChI=1S/C31H33N3O8S/c1-7-18-8-9-21-26(12-18)43-30(32-21)33-28(35)17-41-27-15-19(10-11-31(27,39-5)40-6)23-16-22(34-42-23)20-13-24(36-2)29(38-4)25(14-20)37-3/h8-16,27H,7,17H2,1-6H3,(H,32,33,35). The zero-order valence-corrected chi connectivity index (χ0v) is 25.6. The number of anilines is 1. The summed E-state index contributed by atoms with van der Waals surface area (Å²) < 4.78 is 40.4. The molecule has 0 fully saturated rings. The Morgan fingerprint density at radius 2 is 1.77 bits per heavy atom. The smallest absolute Gasteiger partial charge is 0.252 e. The average molecular weight is 608 g/mol. The highest BCUT2D eigenvalue weighted by atomic mass is 32.1. The predicted octanol–water partition coefficient (Wildman–Crippen LogP) is 5.51. The van der Waals surface area contributed by atoms with E-state index in [4.69, 9.17) is 32.9 Å². The van der Waals surface area contributed by atoms with Crippen molar-refractivity contribution in [3.63, 3.8) is 0 Å². The van der Waals surface area contributed by atoms with Gasteiger partial charge >= 0.3 is 0 Å². The molecule has 1 amide bonds. The number of allylic oxidation sites excluding steroid dienone is 2. The Hall–Kier alpha value is -4.23. The Kier molecular flexibility index (Phi) is 9.11. The van der Waals surface area contributed by atoms with Crippen LogP contribution in [-0.4, -0.2) is 70.1 Å². The van der Waals surface area contributed by atoms with Gasteiger partial charge in [-0.25, -0.2) is 4.98 Å². The van der Waals surface area contributed by atoms with Crippen LogP contribution >= 0.6 is 11.3 Å². The number of methoxy groups -OCH3 is 5. The van der Waals surface area contributed by atoms with E-state index in [-0.39, 0.29) is 12.5 Å². The van der Waals surface area contributed by atoms with Gasteiger partial charge in [0, 0.05) is 31.4 Å². The van der Waals surface area contributed by atoms with Crippen molar-refractivity contribution < 1.29 is 37.7 Å². The molecule has 1 atom stereocenters. The largest absolute Gasteiger partial charge is 0.493 e. The second-order valence-corrected chi connectivity index (χ2v) is 10.6. The van der Waals surface area contributed by atoms with Gasteiger partial charge < -0.3 is 32.9 Å². The van der Waals surface area contributed by atoms with Gasteiger partial charge in [0.05, 0.1) is 31.5 Å². The number of amides is 1. The fourth-order valence-corrected chi connectivity index (χ4v) is 5.70. The van der Waals surface area contributed by atoms with Gasteiger partial charge in [0.1, 0.15) is 18.4 Å². The highest BCUT2D eigenvalue weighted by Crippen LogP contribution is 2.41. The molecule has 5 rings (SSSR count). The highest BCUT2D eigenvalue weighted by Gasteiger charge is 2.40. The van der Waals surface area contributed by atoms with Crippen LogP contribution in [0.3, 0.4) is 0 Å². The molecule has 43 heavy (non-hydrogen) atoms. The van der Waals surface area contributed by atoms with Gasteiger partial charge in [0.2, 0.25) is 11.5 Å². The van der Waals surface area contributed by atoms with Crippen LogP contribution in [0, 0.1) is 0 Å². The fraction of sp³-hybridized carbons (Fsp3) is 0.323. The molecular formula is C31H33N3O8S. The summed E-state index contributed by atoms with van der Waals surface area (Å²) in [5.74, 6) is 0.321. The van der Waals surface area contributed by atoms with Gasteiger partial charge in [0.25, 0.3) is 5.91 Å². The third kappa shape index (κ3) is 6.13. The van der Waals surface area contributed by atoms with E-state index in [9.17, 15) is 4.79 Å². The number of carbonyl (C=O) groups excluding carboxylic acids is 1. The second kappa shape index (κ2) is 13.0. The molecule has 1 aliphatic carbocycles. The zero-order valence-electron chi connectivity index (χ0n) is 24.8. The minimum atomic E-state index is -1.25. The number of thiazole rings is 1. The number of hydrogen-bond acceptors (Lipinski definition) is 11. The van der Waals surface area contributed by atoms with E-state index in [0.717, 1.165) is 16.6 Å². The minimum Gasteiger partial charge on any atom is -0.493 e. The predicted molar refractivity (Wildman–Crippen MR) is 163 cm³/mol. The monoisotopic (exact) mass is 607 g/mol. The van der Waals surface area contributed by atoms with Crippen molar-refractivity contribution in [1.82, 2.24) is 10.1 Å². The number of carbonyl (C=O) groups is 1. The molecular weight excluding hydrogens is 574 g/mol. The van der Waals surface area contributed by atoms with Crippen LogP contribution in [0.1, 0.15) is 18.2 Å². The summed E-state index contributed by atoms with van der Waals surface area (Å²) >= 11 is 1.42. The molecule has 0 saturated carbocycles. The Balaban J connectivity index is 1.34. The summed E-state index contributed by atoms with van der Waals surface area (Å²) in [4.78, 5) is 17.4. The maximum absolute atomic E-state index is 12.9. The van der Waals surface area contributed by atoms with E-state index in [1.54, 1.807) is 57.8 Å². The lowest BCUT2D eigenvalue weighted by Gasteiger charge is -2.36. The Morgan fingerprint density at radius 1 is 1.02 bits per heavy atom. The molecule has 2 aromatic heterocycles. The highest BCUT2D eigenvalue weighted by molar-refractivity contribution is 7.22. The van der Waals surface area contributed by atoms with Crippen molar-refractivity contribution in [2.24, 2.45) is 0 Å². The number of ether oxygens (including phenoxy) is 6. The minimum absolute atomic E-state index is 0.264. The summed E-state index contributed by atoms with van der Waals surface area (Å²) in [6, 6.07) is 11.4. The third-order valence-electron chi connectivity index (χ3n) is 7.12. The van der Waals surface area contributed by atoms with Gasteiger partial charge in [-0.15, -0.1) is 0 Å². The van der Waals surface area contributed by atoms with Crippen molar-refractivity contribution in [2.45, 2.75) is 25.2 Å². The number of aryl methyl sites for hydroxylation is 1. The van der Waals surface area contributed by atoms with Gasteiger partial charge in [-0.1, -0.05) is 29.5 Å². The first-order chi connectivity index (χ1) is 20.9. The van der Waals surface area contributed by atoms with Gasteiger partial charge in [-0.2, -0.15) is 0 Å². The number of hydrogen-bond donors (Lipinski definition) is 1.